The van der Waals surface area contributed by atoms with Gasteiger partial charge in [-0.05, 0) is 49.4 Å². The minimum absolute atomic E-state index is 0.121. The second-order valence-corrected chi connectivity index (χ2v) is 9.35. The summed E-state index contributed by atoms with van der Waals surface area (Å²) in [5, 5.41) is 10.6. The predicted octanol–water partition coefficient (Wildman–Crippen LogP) is 3.50. The molecule has 0 amide bonds. The second kappa shape index (κ2) is 8.08. The Morgan fingerprint density at radius 2 is 2.09 bits per heavy atom. The molecule has 1 saturated heterocycles. The van der Waals surface area contributed by atoms with Crippen molar-refractivity contribution in [2.24, 2.45) is 10.4 Å². The SMILES string of the molecule is [2H]c1cc(-c2ccc3nnn(CC(F)(F)F)c3c2)c2c(OC)nc(=NC3CCC4(CC3)COC4)[nH]n12. The zero-order valence-corrected chi connectivity index (χ0v) is 19.0. The van der Waals surface area contributed by atoms with Crippen molar-refractivity contribution in [2.75, 3.05) is 20.3 Å². The van der Waals surface area contributed by atoms with Crippen LogP contribution in [0.1, 0.15) is 27.1 Å². The van der Waals surface area contributed by atoms with Crippen molar-refractivity contribution in [3.05, 3.63) is 36.1 Å². The summed E-state index contributed by atoms with van der Waals surface area (Å²) in [7, 11) is 1.49. The third kappa shape index (κ3) is 4.05. The molecule has 35 heavy (non-hydrogen) atoms. The van der Waals surface area contributed by atoms with E-state index in [1.165, 1.54) is 11.6 Å². The molecule has 1 N–H and O–H groups in total. The maximum absolute atomic E-state index is 13.0. The van der Waals surface area contributed by atoms with Gasteiger partial charge in [0.05, 0.1) is 33.3 Å². The summed E-state index contributed by atoms with van der Waals surface area (Å²) in [6, 6.07) is 6.64. The number of alkyl halides is 3. The number of hydrogen-bond acceptors (Lipinski definition) is 6. The first-order valence-corrected chi connectivity index (χ1v) is 11.4. The van der Waals surface area contributed by atoms with Gasteiger partial charge in [-0.15, -0.1) is 5.10 Å². The van der Waals surface area contributed by atoms with Crippen LogP contribution >= 0.6 is 0 Å². The molecule has 1 aliphatic heterocycles. The molecule has 2 aliphatic rings. The number of ether oxygens (including phenoxy) is 2. The fourth-order valence-corrected chi connectivity index (χ4v) is 4.99. The number of H-pyrrole nitrogens is 1. The van der Waals surface area contributed by atoms with E-state index in [1.807, 2.05) is 0 Å². The van der Waals surface area contributed by atoms with Crippen LogP contribution in [0, 0.1) is 5.41 Å². The Labute approximate surface area is 199 Å². The van der Waals surface area contributed by atoms with Gasteiger partial charge in [-0.25, -0.2) is 9.67 Å². The van der Waals surface area contributed by atoms with Crippen molar-refractivity contribution in [3.63, 3.8) is 0 Å². The number of aromatic amines is 1. The number of halogens is 3. The highest BCUT2D eigenvalue weighted by Crippen LogP contribution is 2.42. The third-order valence-corrected chi connectivity index (χ3v) is 6.92. The van der Waals surface area contributed by atoms with E-state index >= 15 is 0 Å². The minimum atomic E-state index is -4.43. The lowest BCUT2D eigenvalue weighted by molar-refractivity contribution is -0.142. The normalized spacial score (nSPS) is 19.4. The Morgan fingerprint density at radius 1 is 1.29 bits per heavy atom. The molecule has 0 atom stereocenters. The van der Waals surface area contributed by atoms with Crippen LogP contribution in [0.3, 0.4) is 0 Å². The highest BCUT2D eigenvalue weighted by molar-refractivity contribution is 5.89. The van der Waals surface area contributed by atoms with Gasteiger partial charge in [0.25, 0.3) is 0 Å². The van der Waals surface area contributed by atoms with Crippen LogP contribution in [-0.4, -0.2) is 62.1 Å². The van der Waals surface area contributed by atoms with Gasteiger partial charge in [0.2, 0.25) is 11.5 Å². The Hall–Kier alpha value is -3.41. The first-order chi connectivity index (χ1) is 17.2. The van der Waals surface area contributed by atoms with Crippen molar-refractivity contribution in [1.29, 1.82) is 0 Å². The summed E-state index contributed by atoms with van der Waals surface area (Å²) in [4.78, 5) is 9.34. The van der Waals surface area contributed by atoms with Gasteiger partial charge in [-0.3, -0.25) is 9.61 Å². The Morgan fingerprint density at radius 3 is 2.77 bits per heavy atom. The molecule has 1 spiro atoms. The number of aromatic nitrogens is 6. The molecule has 0 unspecified atom stereocenters. The fourth-order valence-electron chi connectivity index (χ4n) is 4.99. The van der Waals surface area contributed by atoms with Gasteiger partial charge in [-0.2, -0.15) is 18.2 Å². The standard InChI is InChI=1S/C23H24F3N7O2/c1-34-20-19-16(14-2-3-17-18(10-14)33(31-29-17)11-23(24,25)26)6-9-32(19)30-21(28-20)27-15-4-7-22(8-5-15)12-35-13-22/h2-3,6,9-10,15H,4-5,7-8,11-13H2,1H3,(H,27,30)/i9D. The van der Waals surface area contributed by atoms with Crippen molar-refractivity contribution in [2.45, 2.75) is 44.4 Å². The van der Waals surface area contributed by atoms with E-state index in [2.05, 4.69) is 20.4 Å². The molecule has 4 aromatic rings. The lowest BCUT2D eigenvalue weighted by Crippen LogP contribution is -2.45. The van der Waals surface area contributed by atoms with E-state index in [0.29, 0.717) is 33.2 Å². The van der Waals surface area contributed by atoms with Crippen LogP contribution in [0.15, 0.2) is 35.4 Å². The Bertz CT molecular complexity index is 1510. The van der Waals surface area contributed by atoms with Crippen LogP contribution in [-0.2, 0) is 11.3 Å². The molecule has 1 aromatic carbocycles. The van der Waals surface area contributed by atoms with Gasteiger partial charge in [0.15, 0.2) is 0 Å². The average Bonchev–Trinajstić information content (AvgIpc) is 3.37. The van der Waals surface area contributed by atoms with Crippen LogP contribution in [0.5, 0.6) is 5.88 Å². The lowest BCUT2D eigenvalue weighted by Gasteiger charge is -2.45. The van der Waals surface area contributed by atoms with Crippen molar-refractivity contribution in [1.82, 2.24) is 29.6 Å². The maximum atomic E-state index is 13.0. The summed E-state index contributed by atoms with van der Waals surface area (Å²) >= 11 is 0. The maximum Gasteiger partial charge on any atom is 0.408 e. The number of nitrogens with one attached hydrogen (secondary N) is 1. The van der Waals surface area contributed by atoms with Gasteiger partial charge in [0, 0.05) is 17.2 Å². The van der Waals surface area contributed by atoms with E-state index < -0.39 is 12.7 Å². The highest BCUT2D eigenvalue weighted by atomic mass is 19.4. The summed E-state index contributed by atoms with van der Waals surface area (Å²) in [5.41, 5.74) is 2.93. The molecular formula is C23H24F3N7O2. The minimum Gasteiger partial charge on any atom is -0.479 e. The average molecular weight is 488 g/mol. The summed E-state index contributed by atoms with van der Waals surface area (Å²) in [5.74, 6) is 0.266. The molecule has 184 valence electrons. The molecule has 0 radical (unpaired) electrons. The number of hydrogen-bond donors (Lipinski definition) is 1. The molecule has 6 rings (SSSR count). The van der Waals surface area contributed by atoms with Gasteiger partial charge in [0.1, 0.15) is 17.6 Å². The first-order valence-electron chi connectivity index (χ1n) is 11.9. The monoisotopic (exact) mass is 488 g/mol. The second-order valence-electron chi connectivity index (χ2n) is 9.35. The third-order valence-electron chi connectivity index (χ3n) is 6.92. The van der Waals surface area contributed by atoms with Crippen molar-refractivity contribution >= 4 is 16.6 Å². The Kier molecular flexibility index (Phi) is 4.83. The number of benzene rings is 1. The van der Waals surface area contributed by atoms with Crippen LogP contribution in [0.4, 0.5) is 13.2 Å². The summed E-state index contributed by atoms with van der Waals surface area (Å²) < 4.78 is 60.8. The molecule has 12 heteroatoms. The van der Waals surface area contributed by atoms with Gasteiger partial charge in [-0.1, -0.05) is 11.3 Å². The smallest absolute Gasteiger partial charge is 0.408 e. The van der Waals surface area contributed by atoms with Crippen LogP contribution in [0.2, 0.25) is 0 Å². The Balaban J connectivity index is 1.39. The number of nitrogens with zero attached hydrogens (tertiary/aromatic N) is 6. The number of rotatable bonds is 4. The van der Waals surface area contributed by atoms with Crippen LogP contribution in [0.25, 0.3) is 27.7 Å². The molecule has 1 saturated carbocycles. The molecule has 2 fully saturated rings. The summed E-state index contributed by atoms with van der Waals surface area (Å²) in [6.45, 7) is 0.417. The highest BCUT2D eigenvalue weighted by Gasteiger charge is 2.41. The van der Waals surface area contributed by atoms with E-state index in [0.717, 1.165) is 43.6 Å². The van der Waals surface area contributed by atoms with Gasteiger partial charge < -0.3 is 9.47 Å². The number of fused-ring (bicyclic) bond motifs is 2. The van der Waals surface area contributed by atoms with E-state index in [1.54, 1.807) is 24.3 Å². The van der Waals surface area contributed by atoms with Crippen LogP contribution < -0.4 is 10.4 Å². The zero-order chi connectivity index (χ0) is 25.1. The topological polar surface area (TPSA) is 94.6 Å². The molecule has 3 aromatic heterocycles. The molecular weight excluding hydrogens is 463 g/mol. The summed E-state index contributed by atoms with van der Waals surface area (Å²) in [6.07, 6.45) is -0.262. The van der Waals surface area contributed by atoms with Gasteiger partial charge >= 0.3 is 6.18 Å². The van der Waals surface area contributed by atoms with Crippen molar-refractivity contribution < 1.29 is 24.0 Å². The zero-order valence-electron chi connectivity index (χ0n) is 20.0. The first kappa shape index (κ1) is 20.9. The number of methoxy groups -OCH3 is 1. The van der Waals surface area contributed by atoms with E-state index in [-0.39, 0.29) is 23.6 Å². The molecule has 4 heterocycles. The quantitative estimate of drug-likeness (QED) is 0.475. The largest absolute Gasteiger partial charge is 0.479 e. The molecule has 0 bridgehead atoms. The molecule has 1 aliphatic carbocycles. The van der Waals surface area contributed by atoms with E-state index in [9.17, 15) is 13.2 Å². The van der Waals surface area contributed by atoms with E-state index in [4.69, 9.17) is 15.8 Å². The fraction of sp³-hybridized carbons (Fsp3) is 0.478. The molecule has 9 nitrogen and oxygen atoms in total. The van der Waals surface area contributed by atoms with Crippen molar-refractivity contribution in [3.8, 4) is 17.0 Å². The lowest BCUT2D eigenvalue weighted by atomic mass is 9.71. The predicted molar refractivity (Wildman–Crippen MR) is 120 cm³/mol.